The van der Waals surface area contributed by atoms with Gasteiger partial charge >= 0.3 is 5.97 Å². The summed E-state index contributed by atoms with van der Waals surface area (Å²) in [5.74, 6) is -1.64. The number of rotatable bonds is 4. The summed E-state index contributed by atoms with van der Waals surface area (Å²) in [6.45, 7) is 3.26. The number of phenols is 2. The van der Waals surface area contributed by atoms with E-state index in [-0.39, 0.29) is 28.4 Å². The van der Waals surface area contributed by atoms with E-state index >= 15 is 0 Å². The third kappa shape index (κ3) is 3.09. The van der Waals surface area contributed by atoms with Crippen LogP contribution in [0.5, 0.6) is 17.2 Å². The highest BCUT2D eigenvalue weighted by atomic mass is 16.5. The molecule has 0 heterocycles. The minimum Gasteiger partial charge on any atom is -0.507 e. The molecule has 0 bridgehead atoms. The third-order valence-corrected chi connectivity index (χ3v) is 2.75. The molecule has 0 spiro atoms. The SMILES string of the molecule is C=CC(=O)Oc1ccc(C(=O)c2ccccc2O)c(O)c1. The fourth-order valence-electron chi connectivity index (χ4n) is 1.74. The second-order valence-electron chi connectivity index (χ2n) is 4.15. The molecule has 0 aromatic heterocycles. The summed E-state index contributed by atoms with van der Waals surface area (Å²) >= 11 is 0. The molecule has 0 fully saturated rings. The molecule has 106 valence electrons. The van der Waals surface area contributed by atoms with E-state index in [2.05, 4.69) is 6.58 Å². The third-order valence-electron chi connectivity index (χ3n) is 2.75. The average molecular weight is 284 g/mol. The lowest BCUT2D eigenvalue weighted by atomic mass is 10.0. The zero-order chi connectivity index (χ0) is 15.4. The molecule has 0 aliphatic rings. The molecule has 21 heavy (non-hydrogen) atoms. The first-order valence-electron chi connectivity index (χ1n) is 6.03. The fourth-order valence-corrected chi connectivity index (χ4v) is 1.74. The Labute approximate surface area is 120 Å². The van der Waals surface area contributed by atoms with Crippen LogP contribution in [0.15, 0.2) is 55.1 Å². The first-order valence-corrected chi connectivity index (χ1v) is 6.03. The number of phenolic OH excluding ortho intramolecular Hbond substituents is 2. The second kappa shape index (κ2) is 5.92. The Bertz CT molecular complexity index is 718. The lowest BCUT2D eigenvalue weighted by Crippen LogP contribution is -2.05. The molecule has 0 atom stereocenters. The van der Waals surface area contributed by atoms with Crippen molar-refractivity contribution in [3.05, 3.63) is 66.2 Å². The fraction of sp³-hybridized carbons (Fsp3) is 0. The Kier molecular flexibility index (Phi) is 4.04. The minimum absolute atomic E-state index is 0.00472. The summed E-state index contributed by atoms with van der Waals surface area (Å²) in [6, 6.07) is 9.85. The number of ketones is 1. The van der Waals surface area contributed by atoms with E-state index in [0.29, 0.717) is 0 Å². The molecule has 0 aliphatic carbocycles. The Balaban J connectivity index is 2.33. The highest BCUT2D eigenvalue weighted by Crippen LogP contribution is 2.28. The van der Waals surface area contributed by atoms with Crippen LogP contribution >= 0.6 is 0 Å². The summed E-state index contributed by atoms with van der Waals surface area (Å²) in [4.78, 5) is 23.3. The van der Waals surface area contributed by atoms with Crippen molar-refractivity contribution in [1.82, 2.24) is 0 Å². The maximum absolute atomic E-state index is 12.2. The zero-order valence-corrected chi connectivity index (χ0v) is 10.9. The number of hydrogen-bond donors (Lipinski definition) is 2. The second-order valence-corrected chi connectivity index (χ2v) is 4.15. The molecule has 2 N–H and O–H groups in total. The number of para-hydroxylation sites is 1. The molecule has 0 amide bonds. The van der Waals surface area contributed by atoms with Crippen molar-refractivity contribution in [2.45, 2.75) is 0 Å². The van der Waals surface area contributed by atoms with Crippen LogP contribution < -0.4 is 4.74 Å². The number of carbonyl (C=O) groups is 2. The molecular weight excluding hydrogens is 272 g/mol. The smallest absolute Gasteiger partial charge is 0.335 e. The molecule has 2 rings (SSSR count). The van der Waals surface area contributed by atoms with Gasteiger partial charge in [-0.15, -0.1) is 0 Å². The van der Waals surface area contributed by atoms with Gasteiger partial charge in [0, 0.05) is 12.1 Å². The Morgan fingerprint density at radius 1 is 1.00 bits per heavy atom. The van der Waals surface area contributed by atoms with Crippen LogP contribution in [0.1, 0.15) is 15.9 Å². The molecule has 0 aliphatic heterocycles. The van der Waals surface area contributed by atoms with Crippen LogP contribution in [0.4, 0.5) is 0 Å². The molecule has 0 unspecified atom stereocenters. The van der Waals surface area contributed by atoms with Gasteiger partial charge in [-0.25, -0.2) is 4.79 Å². The Morgan fingerprint density at radius 2 is 1.67 bits per heavy atom. The van der Waals surface area contributed by atoms with Crippen molar-refractivity contribution < 1.29 is 24.5 Å². The molecular formula is C16H12O5. The normalized spacial score (nSPS) is 9.90. The van der Waals surface area contributed by atoms with Gasteiger partial charge in [-0.2, -0.15) is 0 Å². The molecule has 0 saturated carbocycles. The molecule has 5 heteroatoms. The minimum atomic E-state index is -0.672. The van der Waals surface area contributed by atoms with Crippen molar-refractivity contribution in [2.75, 3.05) is 0 Å². The number of aromatic hydroxyl groups is 2. The number of ether oxygens (including phenoxy) is 1. The predicted octanol–water partition coefficient (Wildman–Crippen LogP) is 2.42. The maximum Gasteiger partial charge on any atom is 0.335 e. The summed E-state index contributed by atoms with van der Waals surface area (Å²) in [5, 5.41) is 19.5. The van der Waals surface area contributed by atoms with E-state index < -0.39 is 11.8 Å². The van der Waals surface area contributed by atoms with E-state index in [4.69, 9.17) is 4.74 Å². The lowest BCUT2D eigenvalue weighted by Gasteiger charge is -2.07. The predicted molar refractivity (Wildman–Crippen MR) is 75.5 cm³/mol. The topological polar surface area (TPSA) is 83.8 Å². The van der Waals surface area contributed by atoms with E-state index in [9.17, 15) is 19.8 Å². The molecule has 2 aromatic rings. The van der Waals surface area contributed by atoms with Crippen LogP contribution in [-0.2, 0) is 4.79 Å². The number of esters is 1. The van der Waals surface area contributed by atoms with Gasteiger partial charge in [0.1, 0.15) is 17.2 Å². The number of hydrogen-bond acceptors (Lipinski definition) is 5. The van der Waals surface area contributed by atoms with Crippen LogP contribution in [0.3, 0.4) is 0 Å². The summed E-state index contributed by atoms with van der Waals surface area (Å²) < 4.78 is 4.83. The Hall–Kier alpha value is -3.08. The summed E-state index contributed by atoms with van der Waals surface area (Å²) in [6.07, 6.45) is 0.984. The lowest BCUT2D eigenvalue weighted by molar-refractivity contribution is -0.128. The van der Waals surface area contributed by atoms with E-state index in [1.54, 1.807) is 12.1 Å². The highest BCUT2D eigenvalue weighted by Gasteiger charge is 2.17. The van der Waals surface area contributed by atoms with Crippen LogP contribution in [0, 0.1) is 0 Å². The molecule has 0 radical (unpaired) electrons. The van der Waals surface area contributed by atoms with Crippen LogP contribution in [0.25, 0.3) is 0 Å². The van der Waals surface area contributed by atoms with Gasteiger partial charge in [-0.05, 0) is 24.3 Å². The van der Waals surface area contributed by atoms with Gasteiger partial charge in [0.25, 0.3) is 0 Å². The van der Waals surface area contributed by atoms with E-state index in [1.807, 2.05) is 0 Å². The zero-order valence-electron chi connectivity index (χ0n) is 10.9. The first-order chi connectivity index (χ1) is 10.0. The van der Waals surface area contributed by atoms with Crippen molar-refractivity contribution in [3.63, 3.8) is 0 Å². The quantitative estimate of drug-likeness (QED) is 0.390. The highest BCUT2D eigenvalue weighted by molar-refractivity contribution is 6.12. The van der Waals surface area contributed by atoms with Crippen molar-refractivity contribution in [2.24, 2.45) is 0 Å². The van der Waals surface area contributed by atoms with Gasteiger partial charge in [0.2, 0.25) is 0 Å². The van der Waals surface area contributed by atoms with E-state index in [1.165, 1.54) is 24.3 Å². The van der Waals surface area contributed by atoms with Crippen molar-refractivity contribution in [3.8, 4) is 17.2 Å². The number of benzene rings is 2. The number of carbonyl (C=O) groups excluding carboxylic acids is 2. The monoisotopic (exact) mass is 284 g/mol. The van der Waals surface area contributed by atoms with Gasteiger partial charge in [-0.3, -0.25) is 4.79 Å². The standard InChI is InChI=1S/C16H12O5/c1-2-15(19)21-10-7-8-12(14(18)9-10)16(20)11-5-3-4-6-13(11)17/h2-9,17-18H,1H2. The van der Waals surface area contributed by atoms with Crippen molar-refractivity contribution >= 4 is 11.8 Å². The maximum atomic E-state index is 12.2. The van der Waals surface area contributed by atoms with Gasteiger partial charge in [-0.1, -0.05) is 18.7 Å². The van der Waals surface area contributed by atoms with Gasteiger partial charge < -0.3 is 14.9 Å². The van der Waals surface area contributed by atoms with Crippen LogP contribution in [0.2, 0.25) is 0 Å². The van der Waals surface area contributed by atoms with E-state index in [0.717, 1.165) is 12.1 Å². The Morgan fingerprint density at radius 3 is 2.29 bits per heavy atom. The van der Waals surface area contributed by atoms with Crippen molar-refractivity contribution in [1.29, 1.82) is 0 Å². The largest absolute Gasteiger partial charge is 0.507 e. The molecule has 2 aromatic carbocycles. The van der Waals surface area contributed by atoms with Gasteiger partial charge in [0.15, 0.2) is 5.78 Å². The summed E-state index contributed by atoms with van der Waals surface area (Å²) in [7, 11) is 0. The molecule has 5 nitrogen and oxygen atoms in total. The van der Waals surface area contributed by atoms with Gasteiger partial charge in [0.05, 0.1) is 11.1 Å². The molecule has 0 saturated heterocycles. The van der Waals surface area contributed by atoms with Crippen LogP contribution in [-0.4, -0.2) is 22.0 Å². The average Bonchev–Trinajstić information content (AvgIpc) is 2.47. The first kappa shape index (κ1) is 14.3. The summed E-state index contributed by atoms with van der Waals surface area (Å²) in [5.41, 5.74) is 0.0681.